The zero-order valence-corrected chi connectivity index (χ0v) is 16.8. The van der Waals surface area contributed by atoms with Gasteiger partial charge in [0, 0.05) is 24.6 Å². The average molecular weight is 392 g/mol. The van der Waals surface area contributed by atoms with Gasteiger partial charge >= 0.3 is 5.97 Å². The lowest BCUT2D eigenvalue weighted by atomic mass is 9.88. The lowest BCUT2D eigenvalue weighted by Gasteiger charge is -2.32. The topological polar surface area (TPSA) is 105 Å². The second-order valence-electron chi connectivity index (χ2n) is 6.99. The molecule has 0 spiro atoms. The van der Waals surface area contributed by atoms with Gasteiger partial charge in [-0.2, -0.15) is 0 Å². The predicted molar refractivity (Wildman–Crippen MR) is 104 cm³/mol. The van der Waals surface area contributed by atoms with Crippen molar-refractivity contribution in [2.75, 3.05) is 25.7 Å². The zero-order chi connectivity index (χ0) is 20.9. The van der Waals surface area contributed by atoms with E-state index >= 15 is 0 Å². The molecule has 0 saturated carbocycles. The van der Waals surface area contributed by atoms with Crippen LogP contribution in [-0.4, -0.2) is 49.2 Å². The fourth-order valence-electron chi connectivity index (χ4n) is 3.50. The Morgan fingerprint density at radius 2 is 1.93 bits per heavy atom. The number of hydrogen-bond acceptors (Lipinski definition) is 5. The van der Waals surface area contributed by atoms with Crippen LogP contribution < -0.4 is 19.7 Å². The summed E-state index contributed by atoms with van der Waals surface area (Å²) < 4.78 is 10.5. The van der Waals surface area contributed by atoms with E-state index in [1.54, 1.807) is 25.3 Å². The minimum atomic E-state index is -0.962. The molecule has 1 aliphatic rings. The van der Waals surface area contributed by atoms with Crippen molar-refractivity contribution in [1.82, 2.24) is 5.32 Å². The van der Waals surface area contributed by atoms with Crippen LogP contribution in [0.1, 0.15) is 39.5 Å². The van der Waals surface area contributed by atoms with Gasteiger partial charge in [-0.05, 0) is 25.0 Å². The second kappa shape index (κ2) is 8.95. The highest BCUT2D eigenvalue weighted by Crippen LogP contribution is 2.36. The molecule has 1 aromatic rings. The van der Waals surface area contributed by atoms with E-state index in [-0.39, 0.29) is 31.2 Å². The summed E-state index contributed by atoms with van der Waals surface area (Å²) in [7, 11) is 3.05. The van der Waals surface area contributed by atoms with E-state index in [4.69, 9.17) is 9.47 Å². The van der Waals surface area contributed by atoms with Crippen molar-refractivity contribution in [2.45, 2.75) is 45.1 Å². The Balaban J connectivity index is 2.18. The van der Waals surface area contributed by atoms with Gasteiger partial charge in [0.25, 0.3) is 0 Å². The number of aliphatic carboxylic acids is 1. The molecule has 0 radical (unpaired) electrons. The summed E-state index contributed by atoms with van der Waals surface area (Å²) in [6.45, 7) is 3.91. The van der Waals surface area contributed by atoms with Gasteiger partial charge in [-0.3, -0.25) is 14.4 Å². The van der Waals surface area contributed by atoms with Gasteiger partial charge in [-0.15, -0.1) is 0 Å². The van der Waals surface area contributed by atoms with Crippen LogP contribution in [0.5, 0.6) is 11.5 Å². The highest BCUT2D eigenvalue weighted by molar-refractivity contribution is 6.01. The number of hydrogen-bond donors (Lipinski definition) is 2. The number of rotatable bonds is 9. The summed E-state index contributed by atoms with van der Waals surface area (Å²) in [6.07, 6.45) is 0.913. The number of carboxylic acid groups (broad SMARTS) is 1. The molecule has 2 N–H and O–H groups in total. The van der Waals surface area contributed by atoms with Crippen LogP contribution >= 0.6 is 0 Å². The Bertz CT molecular complexity index is 744. The summed E-state index contributed by atoms with van der Waals surface area (Å²) in [4.78, 5) is 38.1. The number of ether oxygens (including phenoxy) is 2. The Morgan fingerprint density at radius 3 is 2.46 bits per heavy atom. The quantitative estimate of drug-likeness (QED) is 0.668. The Morgan fingerprint density at radius 1 is 1.25 bits per heavy atom. The molecular weight excluding hydrogens is 364 g/mol. The third-order valence-corrected chi connectivity index (χ3v) is 5.41. The van der Waals surface area contributed by atoms with Crippen molar-refractivity contribution >= 4 is 23.5 Å². The maximum Gasteiger partial charge on any atom is 0.305 e. The van der Waals surface area contributed by atoms with Crippen molar-refractivity contribution in [3.05, 3.63) is 18.2 Å². The molecule has 0 aromatic heterocycles. The van der Waals surface area contributed by atoms with E-state index < -0.39 is 17.4 Å². The van der Waals surface area contributed by atoms with Gasteiger partial charge in [-0.1, -0.05) is 13.8 Å². The van der Waals surface area contributed by atoms with E-state index in [0.717, 1.165) is 0 Å². The molecule has 2 rings (SSSR count). The number of methoxy groups -OCH3 is 2. The third kappa shape index (κ3) is 4.55. The molecule has 1 atom stereocenters. The van der Waals surface area contributed by atoms with Crippen LogP contribution in [0.3, 0.4) is 0 Å². The number of amides is 2. The molecule has 1 saturated heterocycles. The minimum Gasteiger partial charge on any atom is -0.497 e. The van der Waals surface area contributed by atoms with Crippen LogP contribution in [0, 0.1) is 5.92 Å². The van der Waals surface area contributed by atoms with E-state index in [9.17, 15) is 19.5 Å². The molecule has 1 aliphatic heterocycles. The number of nitrogens with one attached hydrogen (secondary N) is 1. The number of carbonyl (C=O) groups is 3. The summed E-state index contributed by atoms with van der Waals surface area (Å²) >= 11 is 0. The van der Waals surface area contributed by atoms with Gasteiger partial charge in [0.2, 0.25) is 11.8 Å². The number of carbonyl (C=O) groups excluding carboxylic acids is 2. The molecule has 1 fully saturated rings. The first kappa shape index (κ1) is 21.5. The number of nitrogens with zero attached hydrogens (tertiary/aromatic N) is 1. The lowest BCUT2D eigenvalue weighted by Crippen LogP contribution is -2.51. The largest absolute Gasteiger partial charge is 0.497 e. The molecule has 1 aromatic carbocycles. The fraction of sp³-hybridized carbons (Fsp3) is 0.550. The van der Waals surface area contributed by atoms with Crippen molar-refractivity contribution in [2.24, 2.45) is 5.92 Å². The number of carboxylic acids is 1. The maximum atomic E-state index is 12.8. The van der Waals surface area contributed by atoms with E-state index in [1.807, 2.05) is 13.8 Å². The molecule has 154 valence electrons. The first-order chi connectivity index (χ1) is 13.3. The van der Waals surface area contributed by atoms with E-state index in [0.29, 0.717) is 30.0 Å². The van der Waals surface area contributed by atoms with Crippen LogP contribution in [0.15, 0.2) is 18.2 Å². The van der Waals surface area contributed by atoms with Gasteiger partial charge in [-0.25, -0.2) is 0 Å². The van der Waals surface area contributed by atoms with Gasteiger partial charge in [0.15, 0.2) is 0 Å². The molecule has 0 aliphatic carbocycles. The Kier molecular flexibility index (Phi) is 6.88. The molecule has 0 bridgehead atoms. The molecule has 8 heteroatoms. The Labute approximate surface area is 164 Å². The number of anilines is 1. The van der Waals surface area contributed by atoms with Gasteiger partial charge in [0.05, 0.1) is 32.2 Å². The SMILES string of the molecule is CCC(CC)(CC(=O)O)NC(=O)C1CC(=O)N(c2ccc(OC)cc2OC)C1. The smallest absolute Gasteiger partial charge is 0.305 e. The minimum absolute atomic E-state index is 0.0671. The van der Waals surface area contributed by atoms with Crippen LogP contribution in [-0.2, 0) is 14.4 Å². The summed E-state index contributed by atoms with van der Waals surface area (Å²) in [6, 6.07) is 5.13. The first-order valence-corrected chi connectivity index (χ1v) is 9.35. The second-order valence-corrected chi connectivity index (χ2v) is 6.99. The monoisotopic (exact) mass is 392 g/mol. The van der Waals surface area contributed by atoms with Gasteiger partial charge < -0.3 is 24.8 Å². The standard InChI is InChI=1S/C20H28N2O6/c1-5-20(6-2,11-18(24)25)21-19(26)13-9-17(23)22(12-13)15-8-7-14(27-3)10-16(15)28-4/h7-8,10,13H,5-6,9,11-12H2,1-4H3,(H,21,26)(H,24,25). The first-order valence-electron chi connectivity index (χ1n) is 9.35. The molecule has 1 heterocycles. The lowest BCUT2D eigenvalue weighted by molar-refractivity contribution is -0.139. The van der Waals surface area contributed by atoms with Crippen molar-refractivity contribution in [3.8, 4) is 11.5 Å². The van der Waals surface area contributed by atoms with E-state index in [2.05, 4.69) is 5.32 Å². The Hall–Kier alpha value is -2.77. The van der Waals surface area contributed by atoms with Crippen LogP contribution in [0.2, 0.25) is 0 Å². The van der Waals surface area contributed by atoms with Gasteiger partial charge in [0.1, 0.15) is 11.5 Å². The molecular formula is C20H28N2O6. The maximum absolute atomic E-state index is 12.8. The summed E-state index contributed by atoms with van der Waals surface area (Å²) in [5.41, 5.74) is -0.233. The van der Waals surface area contributed by atoms with Crippen molar-refractivity contribution < 1.29 is 29.0 Å². The van der Waals surface area contributed by atoms with Crippen molar-refractivity contribution in [3.63, 3.8) is 0 Å². The number of benzene rings is 1. The highest BCUT2D eigenvalue weighted by atomic mass is 16.5. The van der Waals surface area contributed by atoms with Crippen LogP contribution in [0.25, 0.3) is 0 Å². The molecule has 8 nitrogen and oxygen atoms in total. The normalized spacial score (nSPS) is 16.8. The third-order valence-electron chi connectivity index (χ3n) is 5.41. The average Bonchev–Trinajstić information content (AvgIpc) is 3.08. The van der Waals surface area contributed by atoms with Crippen molar-refractivity contribution in [1.29, 1.82) is 0 Å². The summed E-state index contributed by atoms with van der Waals surface area (Å²) in [5, 5.41) is 12.1. The molecule has 28 heavy (non-hydrogen) atoms. The fourth-order valence-corrected chi connectivity index (χ4v) is 3.50. The van der Waals surface area contributed by atoms with E-state index in [1.165, 1.54) is 12.0 Å². The van der Waals surface area contributed by atoms with Crippen LogP contribution in [0.4, 0.5) is 5.69 Å². The zero-order valence-electron chi connectivity index (χ0n) is 16.8. The predicted octanol–water partition coefficient (Wildman–Crippen LogP) is 2.21. The highest BCUT2D eigenvalue weighted by Gasteiger charge is 2.39. The summed E-state index contributed by atoms with van der Waals surface area (Å²) in [5.74, 6) is -0.905. The molecule has 2 amide bonds. The molecule has 1 unspecified atom stereocenters.